The van der Waals surface area contributed by atoms with Crippen LogP contribution < -0.4 is 5.73 Å². The van der Waals surface area contributed by atoms with Gasteiger partial charge < -0.3 is 10.5 Å². The number of anilines is 1. The highest BCUT2D eigenvalue weighted by Crippen LogP contribution is 2.29. The van der Waals surface area contributed by atoms with E-state index in [1.165, 1.54) is 11.3 Å². The minimum absolute atomic E-state index is 0.307. The fourth-order valence-corrected chi connectivity index (χ4v) is 2.34. The smallest absolute Gasteiger partial charge is 0.348 e. The van der Waals surface area contributed by atoms with E-state index in [9.17, 15) is 4.79 Å². The van der Waals surface area contributed by atoms with Gasteiger partial charge in [0.1, 0.15) is 9.71 Å². The molecule has 0 saturated carbocycles. The van der Waals surface area contributed by atoms with Crippen LogP contribution in [0.2, 0.25) is 0 Å². The van der Waals surface area contributed by atoms with Gasteiger partial charge in [-0.2, -0.15) is 5.10 Å². The van der Waals surface area contributed by atoms with E-state index in [4.69, 9.17) is 10.5 Å². The van der Waals surface area contributed by atoms with Gasteiger partial charge in [0.2, 0.25) is 0 Å². The third-order valence-electron chi connectivity index (χ3n) is 2.02. The molecule has 2 heterocycles. The van der Waals surface area contributed by atoms with Gasteiger partial charge in [0.25, 0.3) is 0 Å². The topological polar surface area (TPSA) is 70.1 Å². The number of nitrogen functional groups attached to an aromatic ring is 1. The predicted octanol–water partition coefficient (Wildman–Crippen LogP) is 1.39. The van der Waals surface area contributed by atoms with E-state index in [1.807, 2.05) is 0 Å². The zero-order valence-corrected chi connectivity index (χ0v) is 9.30. The van der Waals surface area contributed by atoms with Gasteiger partial charge in [0, 0.05) is 7.05 Å². The minimum atomic E-state index is -0.307. The van der Waals surface area contributed by atoms with Crippen molar-refractivity contribution in [2.75, 3.05) is 12.3 Å². The first kappa shape index (κ1) is 9.97. The van der Waals surface area contributed by atoms with Crippen LogP contribution >= 0.6 is 11.3 Å². The van der Waals surface area contributed by atoms with E-state index in [0.717, 1.165) is 10.2 Å². The van der Waals surface area contributed by atoms with Gasteiger partial charge in [-0.3, -0.25) is 4.68 Å². The maximum atomic E-state index is 11.5. The van der Waals surface area contributed by atoms with Crippen LogP contribution in [-0.4, -0.2) is 22.4 Å². The molecule has 0 aliphatic heterocycles. The molecule has 0 aliphatic rings. The number of fused-ring (bicyclic) bond motifs is 1. The molecule has 2 aromatic rings. The zero-order chi connectivity index (χ0) is 11.0. The second-order valence-corrected chi connectivity index (χ2v) is 4.09. The second kappa shape index (κ2) is 3.54. The van der Waals surface area contributed by atoms with Crippen molar-refractivity contribution in [3.8, 4) is 0 Å². The lowest BCUT2D eigenvalue weighted by Gasteiger charge is -1.96. The molecule has 0 radical (unpaired) electrons. The Balaban J connectivity index is 2.47. The molecule has 0 saturated heterocycles. The Morgan fingerprint density at radius 2 is 2.47 bits per heavy atom. The molecule has 0 aromatic carbocycles. The van der Waals surface area contributed by atoms with Crippen molar-refractivity contribution in [1.82, 2.24) is 9.78 Å². The van der Waals surface area contributed by atoms with Gasteiger partial charge in [-0.15, -0.1) is 11.3 Å². The molecule has 6 heteroatoms. The van der Waals surface area contributed by atoms with E-state index in [2.05, 4.69) is 5.10 Å². The molecule has 0 bridgehead atoms. The molecule has 0 aliphatic carbocycles. The molecule has 0 fully saturated rings. The van der Waals surface area contributed by atoms with Crippen molar-refractivity contribution >= 4 is 33.3 Å². The first-order valence-electron chi connectivity index (χ1n) is 4.52. The van der Waals surface area contributed by atoms with Gasteiger partial charge in [0.15, 0.2) is 5.82 Å². The average molecular weight is 225 g/mol. The Bertz CT molecular complexity index is 480. The molecule has 0 unspecified atom stereocenters. The van der Waals surface area contributed by atoms with Crippen LogP contribution in [0.15, 0.2) is 6.07 Å². The van der Waals surface area contributed by atoms with Gasteiger partial charge in [-0.05, 0) is 13.0 Å². The number of hydrogen-bond donors (Lipinski definition) is 1. The number of carbonyl (C=O) groups excluding carboxylic acids is 1. The maximum absolute atomic E-state index is 11.5. The van der Waals surface area contributed by atoms with Crippen molar-refractivity contribution in [3.63, 3.8) is 0 Å². The molecule has 5 nitrogen and oxygen atoms in total. The van der Waals surface area contributed by atoms with Crippen LogP contribution in [0.1, 0.15) is 16.6 Å². The Kier molecular flexibility index (Phi) is 2.36. The van der Waals surface area contributed by atoms with Gasteiger partial charge in [0.05, 0.1) is 12.0 Å². The largest absolute Gasteiger partial charge is 0.462 e. The minimum Gasteiger partial charge on any atom is -0.462 e. The van der Waals surface area contributed by atoms with Gasteiger partial charge in [-0.25, -0.2) is 4.79 Å². The van der Waals surface area contributed by atoms with Gasteiger partial charge in [-0.1, -0.05) is 0 Å². The van der Waals surface area contributed by atoms with Gasteiger partial charge >= 0.3 is 5.97 Å². The lowest BCUT2D eigenvalue weighted by Crippen LogP contribution is -2.01. The Morgan fingerprint density at radius 3 is 3.07 bits per heavy atom. The summed E-state index contributed by atoms with van der Waals surface area (Å²) in [4.78, 5) is 12.9. The van der Waals surface area contributed by atoms with Crippen LogP contribution in [0.5, 0.6) is 0 Å². The molecular formula is C9H11N3O2S. The fourth-order valence-electron chi connectivity index (χ4n) is 1.37. The van der Waals surface area contributed by atoms with Crippen LogP contribution in [0.4, 0.5) is 5.82 Å². The number of hydrogen-bond acceptors (Lipinski definition) is 5. The van der Waals surface area contributed by atoms with Crippen molar-refractivity contribution < 1.29 is 9.53 Å². The number of ether oxygens (including phenoxy) is 1. The first-order chi connectivity index (χ1) is 7.13. The quantitative estimate of drug-likeness (QED) is 0.784. The highest BCUT2D eigenvalue weighted by atomic mass is 32.1. The average Bonchev–Trinajstić information content (AvgIpc) is 2.70. The van der Waals surface area contributed by atoms with Crippen LogP contribution in [-0.2, 0) is 11.8 Å². The van der Waals surface area contributed by atoms with Crippen LogP contribution in [0.3, 0.4) is 0 Å². The molecule has 0 atom stereocenters. The lowest BCUT2D eigenvalue weighted by molar-refractivity contribution is 0.0532. The SMILES string of the molecule is CCOC(=O)c1cc2c(N)nn(C)c2s1. The molecule has 0 amide bonds. The number of thiophene rings is 1. The lowest BCUT2D eigenvalue weighted by atomic mass is 10.3. The molecule has 2 aromatic heterocycles. The van der Waals surface area contributed by atoms with Crippen LogP contribution in [0, 0.1) is 0 Å². The molecular weight excluding hydrogens is 214 g/mol. The maximum Gasteiger partial charge on any atom is 0.348 e. The molecule has 80 valence electrons. The summed E-state index contributed by atoms with van der Waals surface area (Å²) >= 11 is 1.34. The van der Waals surface area contributed by atoms with E-state index in [0.29, 0.717) is 17.3 Å². The molecule has 15 heavy (non-hydrogen) atoms. The monoisotopic (exact) mass is 225 g/mol. The summed E-state index contributed by atoms with van der Waals surface area (Å²) < 4.78 is 6.57. The van der Waals surface area contributed by atoms with Crippen molar-refractivity contribution in [1.29, 1.82) is 0 Å². The number of nitrogens with two attached hydrogens (primary N) is 1. The number of esters is 1. The number of aromatic nitrogens is 2. The summed E-state index contributed by atoms with van der Waals surface area (Å²) in [5.41, 5.74) is 5.69. The van der Waals surface area contributed by atoms with E-state index in [-0.39, 0.29) is 5.97 Å². The third kappa shape index (κ3) is 1.56. The Morgan fingerprint density at radius 1 is 1.73 bits per heavy atom. The molecule has 0 spiro atoms. The number of aryl methyl sites for hydroxylation is 1. The summed E-state index contributed by atoms with van der Waals surface area (Å²) in [6, 6.07) is 1.72. The second-order valence-electron chi connectivity index (χ2n) is 3.06. The zero-order valence-electron chi connectivity index (χ0n) is 8.48. The van der Waals surface area contributed by atoms with E-state index < -0.39 is 0 Å². The van der Waals surface area contributed by atoms with Crippen molar-refractivity contribution in [2.45, 2.75) is 6.92 Å². The number of rotatable bonds is 2. The summed E-state index contributed by atoms with van der Waals surface area (Å²) in [7, 11) is 1.80. The first-order valence-corrected chi connectivity index (χ1v) is 5.34. The van der Waals surface area contributed by atoms with E-state index >= 15 is 0 Å². The number of nitrogens with zero attached hydrogens (tertiary/aromatic N) is 2. The Labute approximate surface area is 90.4 Å². The third-order valence-corrected chi connectivity index (χ3v) is 3.20. The van der Waals surface area contributed by atoms with Crippen molar-refractivity contribution in [2.24, 2.45) is 7.05 Å². The Hall–Kier alpha value is -1.56. The standard InChI is InChI=1S/C9H11N3O2S/c1-3-14-9(13)6-4-5-7(10)11-12(2)8(5)15-6/h4H,3H2,1-2H3,(H2,10,11). The summed E-state index contributed by atoms with van der Waals surface area (Å²) in [5, 5.41) is 4.86. The highest BCUT2D eigenvalue weighted by Gasteiger charge is 2.15. The van der Waals surface area contributed by atoms with Crippen LogP contribution in [0.25, 0.3) is 10.2 Å². The predicted molar refractivity (Wildman–Crippen MR) is 59.0 cm³/mol. The normalized spacial score (nSPS) is 10.8. The summed E-state index contributed by atoms with van der Waals surface area (Å²) in [5.74, 6) is 0.136. The fraction of sp³-hybridized carbons (Fsp3) is 0.333. The molecule has 2 N–H and O–H groups in total. The van der Waals surface area contributed by atoms with Crippen molar-refractivity contribution in [3.05, 3.63) is 10.9 Å². The van der Waals surface area contributed by atoms with E-state index in [1.54, 1.807) is 24.7 Å². The molecule has 2 rings (SSSR count). The summed E-state index contributed by atoms with van der Waals surface area (Å²) in [6.07, 6.45) is 0. The highest BCUT2D eigenvalue weighted by molar-refractivity contribution is 7.20. The summed E-state index contributed by atoms with van der Waals surface area (Å²) in [6.45, 7) is 2.15. The number of carbonyl (C=O) groups is 1.